The van der Waals surface area contributed by atoms with Gasteiger partial charge in [0, 0.05) is 36.0 Å². The van der Waals surface area contributed by atoms with Crippen molar-refractivity contribution in [2.45, 2.75) is 19.1 Å². The lowest BCUT2D eigenvalue weighted by Gasteiger charge is -2.15. The summed E-state index contributed by atoms with van der Waals surface area (Å²) in [6, 6.07) is 5.08. The Morgan fingerprint density at radius 3 is 2.19 bits per heavy atom. The van der Waals surface area contributed by atoms with Gasteiger partial charge >= 0.3 is 6.18 Å². The summed E-state index contributed by atoms with van der Waals surface area (Å²) in [4.78, 5) is 7.47. The van der Waals surface area contributed by atoms with E-state index in [0.717, 1.165) is 6.07 Å². The molecule has 0 aliphatic rings. The van der Waals surface area contributed by atoms with Crippen LogP contribution in [0, 0.1) is 0 Å². The molecule has 1 aromatic carbocycles. The maximum Gasteiger partial charge on any atom is 0.433 e. The Kier molecular flexibility index (Phi) is 6.09. The van der Waals surface area contributed by atoms with Crippen molar-refractivity contribution in [1.29, 1.82) is 0 Å². The number of aromatic nitrogens is 2. The molecule has 0 saturated heterocycles. The first-order valence-corrected chi connectivity index (χ1v) is 7.59. The quantitative estimate of drug-likeness (QED) is 0.688. The van der Waals surface area contributed by atoms with E-state index in [1.54, 1.807) is 25.1 Å². The molecule has 0 unspecified atom stereocenters. The second-order valence-corrected chi connectivity index (χ2v) is 5.41. The van der Waals surface area contributed by atoms with Gasteiger partial charge < -0.3 is 25.2 Å². The molecule has 1 atom stereocenters. The summed E-state index contributed by atoms with van der Waals surface area (Å²) in [5.41, 5.74) is -0.688. The Morgan fingerprint density at radius 1 is 1.08 bits per heavy atom. The molecule has 0 saturated carbocycles. The predicted octanol–water partition coefficient (Wildman–Crippen LogP) is 3.05. The molecular formula is C16H19F3N4O3. The normalized spacial score (nSPS) is 12.4. The molecular weight excluding hydrogens is 353 g/mol. The Balaban J connectivity index is 2.40. The maximum absolute atomic E-state index is 13.1. The van der Waals surface area contributed by atoms with Crippen LogP contribution in [0.4, 0.5) is 30.6 Å². The van der Waals surface area contributed by atoms with Gasteiger partial charge in [0.25, 0.3) is 0 Å². The minimum Gasteiger partial charge on any atom is -0.497 e. The van der Waals surface area contributed by atoms with E-state index in [4.69, 9.17) is 14.6 Å². The zero-order valence-corrected chi connectivity index (χ0v) is 14.4. The zero-order valence-electron chi connectivity index (χ0n) is 14.4. The first-order chi connectivity index (χ1) is 12.2. The average Bonchev–Trinajstić information content (AvgIpc) is 2.60. The number of hydrogen-bond acceptors (Lipinski definition) is 7. The number of alkyl halides is 3. The van der Waals surface area contributed by atoms with Gasteiger partial charge in [-0.2, -0.15) is 18.2 Å². The van der Waals surface area contributed by atoms with Crippen molar-refractivity contribution in [1.82, 2.24) is 9.97 Å². The van der Waals surface area contributed by atoms with Crippen molar-refractivity contribution < 1.29 is 27.8 Å². The van der Waals surface area contributed by atoms with Gasteiger partial charge in [-0.15, -0.1) is 0 Å². The lowest BCUT2D eigenvalue weighted by Crippen LogP contribution is -2.22. The zero-order chi connectivity index (χ0) is 19.3. The molecule has 0 radical (unpaired) electrons. The first kappa shape index (κ1) is 19.6. The fourth-order valence-corrected chi connectivity index (χ4v) is 2.01. The molecule has 0 spiro atoms. The highest BCUT2D eigenvalue weighted by Crippen LogP contribution is 2.32. The second-order valence-electron chi connectivity index (χ2n) is 5.41. The van der Waals surface area contributed by atoms with Crippen molar-refractivity contribution in [3.05, 3.63) is 30.0 Å². The van der Waals surface area contributed by atoms with Gasteiger partial charge in [0.05, 0.1) is 20.8 Å². The minimum atomic E-state index is -4.65. The molecule has 142 valence electrons. The summed E-state index contributed by atoms with van der Waals surface area (Å²) in [5.74, 6) is 0.599. The number of aliphatic hydroxyl groups is 1. The number of nitrogens with one attached hydrogen (secondary N) is 2. The van der Waals surface area contributed by atoms with Crippen LogP contribution in [0.2, 0.25) is 0 Å². The van der Waals surface area contributed by atoms with E-state index in [1.165, 1.54) is 14.2 Å². The number of nitrogens with zero attached hydrogens (tertiary/aromatic N) is 2. The summed E-state index contributed by atoms with van der Waals surface area (Å²) in [6.45, 7) is 1.30. The largest absolute Gasteiger partial charge is 0.497 e. The molecule has 3 N–H and O–H groups in total. The van der Waals surface area contributed by atoms with E-state index in [1.807, 2.05) is 0 Å². The van der Waals surface area contributed by atoms with Crippen LogP contribution in [-0.4, -0.2) is 41.9 Å². The third kappa shape index (κ3) is 5.12. The molecule has 1 aromatic heterocycles. The highest BCUT2D eigenvalue weighted by Gasteiger charge is 2.34. The molecule has 0 aliphatic carbocycles. The molecule has 10 heteroatoms. The SMILES string of the molecule is COc1cc(Nc2cc(C(F)(F)F)nc(N[C@H](C)CO)n2)cc(OC)c1. The van der Waals surface area contributed by atoms with E-state index in [2.05, 4.69) is 20.6 Å². The van der Waals surface area contributed by atoms with Crippen molar-refractivity contribution in [2.24, 2.45) is 0 Å². The summed E-state index contributed by atoms with van der Waals surface area (Å²) < 4.78 is 49.6. The Morgan fingerprint density at radius 2 is 1.69 bits per heavy atom. The van der Waals surface area contributed by atoms with Gasteiger partial charge in [-0.25, -0.2) is 4.98 Å². The van der Waals surface area contributed by atoms with Crippen LogP contribution in [0.15, 0.2) is 24.3 Å². The molecule has 2 aromatic rings. The van der Waals surface area contributed by atoms with Crippen molar-refractivity contribution in [2.75, 3.05) is 31.5 Å². The van der Waals surface area contributed by atoms with E-state index < -0.39 is 17.9 Å². The number of hydrogen-bond donors (Lipinski definition) is 3. The van der Waals surface area contributed by atoms with Gasteiger partial charge in [-0.3, -0.25) is 0 Å². The summed E-state index contributed by atoms with van der Waals surface area (Å²) >= 11 is 0. The van der Waals surface area contributed by atoms with Gasteiger partial charge in [0.1, 0.15) is 17.3 Å². The molecule has 2 rings (SSSR count). The fourth-order valence-electron chi connectivity index (χ4n) is 2.01. The van der Waals surface area contributed by atoms with Crippen molar-refractivity contribution in [3.8, 4) is 11.5 Å². The summed E-state index contributed by atoms with van der Waals surface area (Å²) in [6.07, 6.45) is -4.65. The third-order valence-electron chi connectivity index (χ3n) is 3.29. The van der Waals surface area contributed by atoms with E-state index in [9.17, 15) is 13.2 Å². The summed E-state index contributed by atoms with van der Waals surface area (Å²) in [7, 11) is 2.92. The highest BCUT2D eigenvalue weighted by atomic mass is 19.4. The topological polar surface area (TPSA) is 88.5 Å². The molecule has 1 heterocycles. The van der Waals surface area contributed by atoms with Gasteiger partial charge in [0.2, 0.25) is 5.95 Å². The second kappa shape index (κ2) is 8.09. The van der Waals surface area contributed by atoms with Crippen LogP contribution in [0.5, 0.6) is 11.5 Å². The number of aliphatic hydroxyl groups excluding tert-OH is 1. The first-order valence-electron chi connectivity index (χ1n) is 7.59. The third-order valence-corrected chi connectivity index (χ3v) is 3.29. The number of benzene rings is 1. The standard InChI is InChI=1S/C16H19F3N4O3/c1-9(8-24)20-15-22-13(16(17,18)19)7-14(23-15)21-10-4-11(25-2)6-12(5-10)26-3/h4-7,9,24H,8H2,1-3H3,(H2,20,21,22,23)/t9-/m1/s1. The van der Waals surface area contributed by atoms with Crippen LogP contribution in [0.1, 0.15) is 12.6 Å². The predicted molar refractivity (Wildman–Crippen MR) is 90.0 cm³/mol. The minimum absolute atomic E-state index is 0.0738. The summed E-state index contributed by atoms with van der Waals surface area (Å²) in [5, 5.41) is 14.5. The van der Waals surface area contributed by atoms with Crippen molar-refractivity contribution >= 4 is 17.5 Å². The van der Waals surface area contributed by atoms with Gasteiger partial charge in [0.15, 0.2) is 5.69 Å². The Labute approximate surface area is 148 Å². The number of ether oxygens (including phenoxy) is 2. The van der Waals surface area contributed by atoms with E-state index in [0.29, 0.717) is 17.2 Å². The van der Waals surface area contributed by atoms with Crippen molar-refractivity contribution in [3.63, 3.8) is 0 Å². The van der Waals surface area contributed by atoms with Gasteiger partial charge in [-0.1, -0.05) is 0 Å². The monoisotopic (exact) mass is 372 g/mol. The molecule has 0 amide bonds. The Hall–Kier alpha value is -2.75. The van der Waals surface area contributed by atoms with Crippen LogP contribution in [0.3, 0.4) is 0 Å². The molecule has 0 fully saturated rings. The molecule has 26 heavy (non-hydrogen) atoms. The van der Waals surface area contributed by atoms with Crippen LogP contribution < -0.4 is 20.1 Å². The van der Waals surface area contributed by atoms with E-state index >= 15 is 0 Å². The van der Waals surface area contributed by atoms with Crippen LogP contribution in [0.25, 0.3) is 0 Å². The number of rotatable bonds is 7. The number of halogens is 3. The highest BCUT2D eigenvalue weighted by molar-refractivity contribution is 5.62. The fraction of sp³-hybridized carbons (Fsp3) is 0.375. The van der Waals surface area contributed by atoms with Gasteiger partial charge in [-0.05, 0) is 6.92 Å². The maximum atomic E-state index is 13.1. The Bertz CT molecular complexity index is 734. The van der Waals surface area contributed by atoms with E-state index in [-0.39, 0.29) is 18.4 Å². The number of anilines is 3. The lowest BCUT2D eigenvalue weighted by atomic mass is 10.2. The molecule has 0 aliphatic heterocycles. The number of methoxy groups -OCH3 is 2. The van der Waals surface area contributed by atoms with Crippen LogP contribution >= 0.6 is 0 Å². The molecule has 0 bridgehead atoms. The average molecular weight is 372 g/mol. The van der Waals surface area contributed by atoms with Crippen LogP contribution in [-0.2, 0) is 6.18 Å². The molecule has 7 nitrogen and oxygen atoms in total. The lowest BCUT2D eigenvalue weighted by molar-refractivity contribution is -0.141. The smallest absolute Gasteiger partial charge is 0.433 e.